The molecule has 106 valence electrons. The van der Waals surface area contributed by atoms with E-state index in [1.807, 2.05) is 0 Å². The van der Waals surface area contributed by atoms with Crippen LogP contribution in [0.1, 0.15) is 24.0 Å². The summed E-state index contributed by atoms with van der Waals surface area (Å²) in [5.41, 5.74) is -0.865. The first-order valence-corrected chi connectivity index (χ1v) is 6.13. The molecule has 0 saturated carbocycles. The van der Waals surface area contributed by atoms with E-state index < -0.39 is 17.6 Å². The highest BCUT2D eigenvalue weighted by Gasteiger charge is 2.33. The zero-order valence-electron chi connectivity index (χ0n) is 10.3. The van der Waals surface area contributed by atoms with Crippen molar-refractivity contribution in [3.8, 4) is 0 Å². The van der Waals surface area contributed by atoms with Crippen LogP contribution in [0.5, 0.6) is 0 Å². The van der Waals surface area contributed by atoms with Gasteiger partial charge in [0.1, 0.15) is 5.82 Å². The van der Waals surface area contributed by atoms with Gasteiger partial charge in [0.15, 0.2) is 0 Å². The molecule has 0 aliphatic carbocycles. The van der Waals surface area contributed by atoms with Gasteiger partial charge in [0, 0.05) is 19.2 Å². The highest BCUT2D eigenvalue weighted by molar-refractivity contribution is 5.30. The largest absolute Gasteiger partial charge is 0.416 e. The first-order chi connectivity index (χ1) is 8.97. The van der Waals surface area contributed by atoms with Crippen molar-refractivity contribution in [2.75, 3.05) is 13.2 Å². The van der Waals surface area contributed by atoms with Gasteiger partial charge in [-0.25, -0.2) is 4.39 Å². The fraction of sp³-hybridized carbons (Fsp3) is 0.538. The molecule has 1 atom stereocenters. The van der Waals surface area contributed by atoms with Gasteiger partial charge in [0.05, 0.1) is 12.2 Å². The molecule has 2 nitrogen and oxygen atoms in total. The van der Waals surface area contributed by atoms with Crippen LogP contribution in [0.25, 0.3) is 0 Å². The predicted octanol–water partition coefficient (Wildman–Crippen LogP) is 3.11. The van der Waals surface area contributed by atoms with Crippen molar-refractivity contribution in [3.05, 3.63) is 35.1 Å². The van der Waals surface area contributed by atoms with Gasteiger partial charge in [-0.1, -0.05) is 6.07 Å². The molecule has 1 aromatic carbocycles. The lowest BCUT2D eigenvalue weighted by Gasteiger charge is -2.24. The predicted molar refractivity (Wildman–Crippen MR) is 62.1 cm³/mol. The van der Waals surface area contributed by atoms with Crippen LogP contribution >= 0.6 is 0 Å². The van der Waals surface area contributed by atoms with Crippen molar-refractivity contribution in [2.24, 2.45) is 0 Å². The zero-order chi connectivity index (χ0) is 13.9. The molecule has 1 N–H and O–H groups in total. The first-order valence-electron chi connectivity index (χ1n) is 6.13. The number of rotatable bonds is 3. The maximum atomic E-state index is 12.9. The van der Waals surface area contributed by atoms with E-state index in [0.29, 0.717) is 19.3 Å². The lowest BCUT2D eigenvalue weighted by Crippen LogP contribution is -2.36. The van der Waals surface area contributed by atoms with Gasteiger partial charge < -0.3 is 10.1 Å². The van der Waals surface area contributed by atoms with Crippen molar-refractivity contribution in [2.45, 2.75) is 31.6 Å². The van der Waals surface area contributed by atoms with Gasteiger partial charge in [-0.2, -0.15) is 13.2 Å². The third-order valence-corrected chi connectivity index (χ3v) is 3.12. The van der Waals surface area contributed by atoms with Crippen LogP contribution in [0.3, 0.4) is 0 Å². The van der Waals surface area contributed by atoms with Gasteiger partial charge in [0.25, 0.3) is 0 Å². The minimum absolute atomic E-state index is 0.0551. The van der Waals surface area contributed by atoms with Gasteiger partial charge in [-0.15, -0.1) is 0 Å². The third-order valence-electron chi connectivity index (χ3n) is 3.12. The van der Waals surface area contributed by atoms with E-state index in [-0.39, 0.29) is 18.2 Å². The molecule has 0 radical (unpaired) electrons. The summed E-state index contributed by atoms with van der Waals surface area (Å²) in [4.78, 5) is 0. The molecule has 1 heterocycles. The summed E-state index contributed by atoms with van der Waals surface area (Å²) in [6.07, 6.45) is -2.77. The van der Waals surface area contributed by atoms with Crippen molar-refractivity contribution in [1.29, 1.82) is 0 Å². The molecule has 1 unspecified atom stereocenters. The molecule has 19 heavy (non-hydrogen) atoms. The maximum Gasteiger partial charge on any atom is 0.416 e. The number of ether oxygens (including phenoxy) is 1. The fourth-order valence-electron chi connectivity index (χ4n) is 2.12. The molecule has 0 amide bonds. The molecule has 1 aliphatic rings. The van der Waals surface area contributed by atoms with E-state index in [4.69, 9.17) is 4.74 Å². The Balaban J connectivity index is 2.06. The Kier molecular flexibility index (Phi) is 4.42. The Hall–Kier alpha value is -1.14. The SMILES string of the molecule is Fc1ccc(CNC2CCCOC2)c(C(F)(F)F)c1. The number of hydrogen-bond acceptors (Lipinski definition) is 2. The molecule has 0 bridgehead atoms. The molecule has 1 aromatic rings. The Morgan fingerprint density at radius 1 is 1.32 bits per heavy atom. The summed E-state index contributed by atoms with van der Waals surface area (Å²) in [5, 5.41) is 3.02. The number of nitrogens with one attached hydrogen (secondary N) is 1. The second kappa shape index (κ2) is 5.88. The molecule has 1 saturated heterocycles. The second-order valence-electron chi connectivity index (χ2n) is 4.59. The summed E-state index contributed by atoms with van der Waals surface area (Å²) < 4.78 is 56.5. The number of hydrogen-bond donors (Lipinski definition) is 1. The summed E-state index contributed by atoms with van der Waals surface area (Å²) >= 11 is 0. The lowest BCUT2D eigenvalue weighted by atomic mass is 10.1. The summed E-state index contributed by atoms with van der Waals surface area (Å²) in [6.45, 7) is 1.26. The quantitative estimate of drug-likeness (QED) is 0.857. The fourth-order valence-corrected chi connectivity index (χ4v) is 2.12. The normalized spacial score (nSPS) is 20.5. The Bertz CT molecular complexity index is 427. The third kappa shape index (κ3) is 3.91. The lowest BCUT2D eigenvalue weighted by molar-refractivity contribution is -0.138. The topological polar surface area (TPSA) is 21.3 Å². The monoisotopic (exact) mass is 277 g/mol. The number of halogens is 4. The van der Waals surface area contributed by atoms with E-state index >= 15 is 0 Å². The van der Waals surface area contributed by atoms with Crippen LogP contribution < -0.4 is 5.32 Å². The smallest absolute Gasteiger partial charge is 0.380 e. The Morgan fingerprint density at radius 3 is 2.74 bits per heavy atom. The minimum Gasteiger partial charge on any atom is -0.380 e. The Labute approximate surface area is 108 Å². The van der Waals surface area contributed by atoms with Crippen molar-refractivity contribution >= 4 is 0 Å². The minimum atomic E-state index is -4.54. The summed E-state index contributed by atoms with van der Waals surface area (Å²) in [6, 6.07) is 2.81. The van der Waals surface area contributed by atoms with Crippen LogP contribution in [0.2, 0.25) is 0 Å². The van der Waals surface area contributed by atoms with E-state index in [2.05, 4.69) is 5.32 Å². The number of benzene rings is 1. The van der Waals surface area contributed by atoms with E-state index in [9.17, 15) is 17.6 Å². The molecular formula is C13H15F4NO. The summed E-state index contributed by atoms with van der Waals surface area (Å²) in [7, 11) is 0. The maximum absolute atomic E-state index is 12.9. The average Bonchev–Trinajstić information content (AvgIpc) is 2.37. The molecule has 6 heteroatoms. The standard InChI is InChI=1S/C13H15F4NO/c14-10-4-3-9(12(6-10)13(15,16)17)7-18-11-2-1-5-19-8-11/h3-4,6,11,18H,1-2,5,7-8H2. The molecule has 0 aromatic heterocycles. The van der Waals surface area contributed by atoms with Gasteiger partial charge >= 0.3 is 6.18 Å². The highest BCUT2D eigenvalue weighted by atomic mass is 19.4. The van der Waals surface area contributed by atoms with E-state index in [0.717, 1.165) is 18.9 Å². The molecule has 2 rings (SSSR count). The zero-order valence-corrected chi connectivity index (χ0v) is 10.3. The molecule has 1 aliphatic heterocycles. The summed E-state index contributed by atoms with van der Waals surface area (Å²) in [5.74, 6) is -0.878. The molecule has 1 fully saturated rings. The molecular weight excluding hydrogens is 262 g/mol. The van der Waals surface area contributed by atoms with Crippen molar-refractivity contribution in [3.63, 3.8) is 0 Å². The van der Waals surface area contributed by atoms with Gasteiger partial charge in [-0.3, -0.25) is 0 Å². The highest BCUT2D eigenvalue weighted by Crippen LogP contribution is 2.32. The van der Waals surface area contributed by atoms with Crippen molar-refractivity contribution in [1.82, 2.24) is 5.32 Å². The van der Waals surface area contributed by atoms with Crippen LogP contribution in [0.15, 0.2) is 18.2 Å². The van der Waals surface area contributed by atoms with Crippen LogP contribution in [-0.4, -0.2) is 19.3 Å². The van der Waals surface area contributed by atoms with Gasteiger partial charge in [-0.05, 0) is 30.5 Å². The van der Waals surface area contributed by atoms with Crippen LogP contribution in [0.4, 0.5) is 17.6 Å². The van der Waals surface area contributed by atoms with E-state index in [1.54, 1.807) is 0 Å². The second-order valence-corrected chi connectivity index (χ2v) is 4.59. The van der Waals surface area contributed by atoms with Crippen molar-refractivity contribution < 1.29 is 22.3 Å². The van der Waals surface area contributed by atoms with Gasteiger partial charge in [0.2, 0.25) is 0 Å². The van der Waals surface area contributed by atoms with Crippen LogP contribution in [0, 0.1) is 5.82 Å². The average molecular weight is 277 g/mol. The first kappa shape index (κ1) is 14.3. The Morgan fingerprint density at radius 2 is 2.11 bits per heavy atom. The van der Waals surface area contributed by atoms with E-state index in [1.165, 1.54) is 6.07 Å². The van der Waals surface area contributed by atoms with Crippen LogP contribution in [-0.2, 0) is 17.5 Å². The number of alkyl halides is 3. The molecule has 0 spiro atoms.